The normalized spacial score (nSPS) is 15.2. The Bertz CT molecular complexity index is 591. The summed E-state index contributed by atoms with van der Waals surface area (Å²) in [5.74, 6) is 0.848. The summed E-state index contributed by atoms with van der Waals surface area (Å²) in [7, 11) is 0. The smallest absolute Gasteiger partial charge is 0.225 e. The van der Waals surface area contributed by atoms with Crippen LogP contribution < -0.4 is 10.2 Å². The maximum absolute atomic E-state index is 4.80. The first-order valence-electron chi connectivity index (χ1n) is 7.75. The van der Waals surface area contributed by atoms with Gasteiger partial charge in [-0.2, -0.15) is 0 Å². The number of benzene rings is 1. The molecular weight excluding hydrogens is 260 g/mol. The number of nitrogens with zero attached hydrogens (tertiary/aromatic N) is 3. The summed E-state index contributed by atoms with van der Waals surface area (Å²) in [4.78, 5) is 11.5. The highest BCUT2D eigenvalue weighted by atomic mass is 15.3. The summed E-state index contributed by atoms with van der Waals surface area (Å²) in [6.45, 7) is 6.16. The van der Waals surface area contributed by atoms with Gasteiger partial charge in [-0.3, -0.25) is 0 Å². The van der Waals surface area contributed by atoms with Crippen molar-refractivity contribution >= 4 is 5.95 Å². The summed E-state index contributed by atoms with van der Waals surface area (Å²) in [6.07, 6.45) is 4.11. The molecule has 3 rings (SSSR count). The molecule has 1 aromatic heterocycles. The number of nitrogens with one attached hydrogen (secondary N) is 1. The molecule has 0 unspecified atom stereocenters. The van der Waals surface area contributed by atoms with Crippen LogP contribution in [0.3, 0.4) is 0 Å². The monoisotopic (exact) mass is 282 g/mol. The molecule has 2 aromatic rings. The van der Waals surface area contributed by atoms with Crippen molar-refractivity contribution < 1.29 is 0 Å². The molecule has 1 aliphatic heterocycles. The number of piperazine rings is 1. The van der Waals surface area contributed by atoms with E-state index in [2.05, 4.69) is 46.4 Å². The van der Waals surface area contributed by atoms with E-state index in [0.29, 0.717) is 0 Å². The third-order valence-corrected chi connectivity index (χ3v) is 3.86. The molecule has 0 saturated carbocycles. The molecule has 1 aromatic carbocycles. The van der Waals surface area contributed by atoms with Gasteiger partial charge in [0.1, 0.15) is 0 Å². The fourth-order valence-corrected chi connectivity index (χ4v) is 2.77. The second-order valence-electron chi connectivity index (χ2n) is 5.39. The SMILES string of the molecule is CCCc1ccccc1-c1ccnc(N2CCNCC2)n1. The first kappa shape index (κ1) is 14.0. The quantitative estimate of drug-likeness (QED) is 0.935. The maximum atomic E-state index is 4.80. The number of anilines is 1. The summed E-state index contributed by atoms with van der Waals surface area (Å²) in [6, 6.07) is 10.6. The van der Waals surface area contributed by atoms with Gasteiger partial charge in [-0.15, -0.1) is 0 Å². The molecule has 1 N–H and O–H groups in total. The molecule has 2 heterocycles. The van der Waals surface area contributed by atoms with Crippen LogP contribution in [0.15, 0.2) is 36.5 Å². The molecule has 0 spiro atoms. The van der Waals surface area contributed by atoms with E-state index >= 15 is 0 Å². The van der Waals surface area contributed by atoms with Crippen LogP contribution in [0.2, 0.25) is 0 Å². The van der Waals surface area contributed by atoms with Gasteiger partial charge in [0.2, 0.25) is 5.95 Å². The largest absolute Gasteiger partial charge is 0.338 e. The number of aryl methyl sites for hydroxylation is 1. The summed E-state index contributed by atoms with van der Waals surface area (Å²) in [5.41, 5.74) is 3.63. The minimum atomic E-state index is 0.848. The highest BCUT2D eigenvalue weighted by molar-refractivity contribution is 5.64. The van der Waals surface area contributed by atoms with Crippen molar-refractivity contribution in [1.29, 1.82) is 0 Å². The van der Waals surface area contributed by atoms with Crippen LogP contribution in [-0.2, 0) is 6.42 Å². The third-order valence-electron chi connectivity index (χ3n) is 3.86. The second-order valence-corrected chi connectivity index (χ2v) is 5.39. The lowest BCUT2D eigenvalue weighted by atomic mass is 10.0. The molecule has 1 aliphatic rings. The Morgan fingerprint density at radius 2 is 1.95 bits per heavy atom. The Balaban J connectivity index is 1.92. The van der Waals surface area contributed by atoms with Crippen LogP contribution in [0.5, 0.6) is 0 Å². The van der Waals surface area contributed by atoms with Crippen molar-refractivity contribution in [2.45, 2.75) is 19.8 Å². The molecule has 0 bridgehead atoms. The molecular formula is C17H22N4. The maximum Gasteiger partial charge on any atom is 0.225 e. The van der Waals surface area contributed by atoms with Gasteiger partial charge in [0.15, 0.2) is 0 Å². The Kier molecular flexibility index (Phi) is 4.46. The van der Waals surface area contributed by atoms with E-state index in [1.54, 1.807) is 0 Å². The Morgan fingerprint density at radius 1 is 1.14 bits per heavy atom. The van der Waals surface area contributed by atoms with Gasteiger partial charge in [0.25, 0.3) is 0 Å². The van der Waals surface area contributed by atoms with Crippen molar-refractivity contribution in [2.24, 2.45) is 0 Å². The van der Waals surface area contributed by atoms with Crippen LogP contribution >= 0.6 is 0 Å². The van der Waals surface area contributed by atoms with Crippen molar-refractivity contribution in [3.05, 3.63) is 42.1 Å². The van der Waals surface area contributed by atoms with Gasteiger partial charge >= 0.3 is 0 Å². The first-order valence-corrected chi connectivity index (χ1v) is 7.75. The third kappa shape index (κ3) is 3.22. The molecule has 110 valence electrons. The molecule has 1 saturated heterocycles. The second kappa shape index (κ2) is 6.68. The number of aromatic nitrogens is 2. The number of hydrogen-bond acceptors (Lipinski definition) is 4. The van der Waals surface area contributed by atoms with Crippen LogP contribution in [0.1, 0.15) is 18.9 Å². The molecule has 0 amide bonds. The molecule has 4 nitrogen and oxygen atoms in total. The van der Waals surface area contributed by atoms with Gasteiger partial charge in [0, 0.05) is 37.9 Å². The average molecular weight is 282 g/mol. The Hall–Kier alpha value is -1.94. The van der Waals surface area contributed by atoms with Gasteiger partial charge in [0.05, 0.1) is 5.69 Å². The predicted octanol–water partition coefficient (Wildman–Crippen LogP) is 2.51. The zero-order chi connectivity index (χ0) is 14.5. The molecule has 0 aliphatic carbocycles. The van der Waals surface area contributed by atoms with Crippen molar-refractivity contribution in [1.82, 2.24) is 15.3 Å². The summed E-state index contributed by atoms with van der Waals surface area (Å²) >= 11 is 0. The van der Waals surface area contributed by atoms with Crippen LogP contribution in [0.25, 0.3) is 11.3 Å². The highest BCUT2D eigenvalue weighted by Gasteiger charge is 2.14. The van der Waals surface area contributed by atoms with E-state index in [-0.39, 0.29) is 0 Å². The molecule has 4 heteroatoms. The topological polar surface area (TPSA) is 41.1 Å². The van der Waals surface area contributed by atoms with Crippen LogP contribution in [0, 0.1) is 0 Å². The van der Waals surface area contributed by atoms with Gasteiger partial charge in [-0.1, -0.05) is 37.6 Å². The van der Waals surface area contributed by atoms with E-state index in [0.717, 1.165) is 50.7 Å². The van der Waals surface area contributed by atoms with Crippen LogP contribution in [-0.4, -0.2) is 36.1 Å². The predicted molar refractivity (Wildman–Crippen MR) is 86.5 cm³/mol. The number of rotatable bonds is 4. The minimum Gasteiger partial charge on any atom is -0.338 e. The Labute approximate surface area is 126 Å². The standard InChI is InChI=1S/C17H22N4/c1-2-5-14-6-3-4-7-15(14)16-8-9-19-17(20-16)21-12-10-18-11-13-21/h3-4,6-9,18H,2,5,10-13H2,1H3. The van der Waals surface area contributed by atoms with Crippen LogP contribution in [0.4, 0.5) is 5.95 Å². The molecule has 0 radical (unpaired) electrons. The molecule has 1 fully saturated rings. The summed E-state index contributed by atoms with van der Waals surface area (Å²) < 4.78 is 0. The van der Waals surface area contributed by atoms with Crippen molar-refractivity contribution in [3.63, 3.8) is 0 Å². The summed E-state index contributed by atoms with van der Waals surface area (Å²) in [5, 5.41) is 3.36. The highest BCUT2D eigenvalue weighted by Crippen LogP contribution is 2.24. The van der Waals surface area contributed by atoms with Crippen molar-refractivity contribution in [3.8, 4) is 11.3 Å². The lowest BCUT2D eigenvalue weighted by Gasteiger charge is -2.27. The fourth-order valence-electron chi connectivity index (χ4n) is 2.77. The molecule has 21 heavy (non-hydrogen) atoms. The molecule has 0 atom stereocenters. The van der Waals surface area contributed by atoms with E-state index in [1.807, 2.05) is 12.3 Å². The zero-order valence-corrected chi connectivity index (χ0v) is 12.5. The minimum absolute atomic E-state index is 0.848. The lowest BCUT2D eigenvalue weighted by Crippen LogP contribution is -2.44. The first-order chi connectivity index (χ1) is 10.4. The Morgan fingerprint density at radius 3 is 2.76 bits per heavy atom. The average Bonchev–Trinajstić information content (AvgIpc) is 2.57. The van der Waals surface area contributed by atoms with E-state index in [4.69, 9.17) is 4.98 Å². The number of hydrogen-bond donors (Lipinski definition) is 1. The van der Waals surface area contributed by atoms with E-state index < -0.39 is 0 Å². The van der Waals surface area contributed by atoms with Crippen molar-refractivity contribution in [2.75, 3.05) is 31.1 Å². The van der Waals surface area contributed by atoms with Gasteiger partial charge in [-0.05, 0) is 18.1 Å². The zero-order valence-electron chi connectivity index (χ0n) is 12.5. The van der Waals surface area contributed by atoms with Gasteiger partial charge < -0.3 is 10.2 Å². The van der Waals surface area contributed by atoms with E-state index in [9.17, 15) is 0 Å². The van der Waals surface area contributed by atoms with Gasteiger partial charge in [-0.25, -0.2) is 9.97 Å². The fraction of sp³-hybridized carbons (Fsp3) is 0.412. The lowest BCUT2D eigenvalue weighted by molar-refractivity contribution is 0.580. The van der Waals surface area contributed by atoms with E-state index in [1.165, 1.54) is 11.1 Å².